The van der Waals surface area contributed by atoms with Crippen LogP contribution >= 0.6 is 11.6 Å². The second-order valence-electron chi connectivity index (χ2n) is 3.79. The number of halogens is 1. The highest BCUT2D eigenvalue weighted by molar-refractivity contribution is 6.30. The third kappa shape index (κ3) is 3.63. The second kappa shape index (κ2) is 6.26. The first-order chi connectivity index (χ1) is 8.45. The highest BCUT2D eigenvalue weighted by Gasteiger charge is 2.22. The molecule has 2 N–H and O–H groups in total. The molecule has 1 amide bonds. The lowest BCUT2D eigenvalue weighted by Crippen LogP contribution is -2.46. The molecular formula is C12H15ClN2O3. The van der Waals surface area contributed by atoms with E-state index in [4.69, 9.17) is 16.7 Å². The molecule has 0 aliphatic carbocycles. The summed E-state index contributed by atoms with van der Waals surface area (Å²) < 4.78 is 0. The van der Waals surface area contributed by atoms with E-state index < -0.39 is 12.0 Å². The first-order valence-corrected chi connectivity index (χ1v) is 5.79. The van der Waals surface area contributed by atoms with Gasteiger partial charge in [0.25, 0.3) is 0 Å². The van der Waals surface area contributed by atoms with Gasteiger partial charge in [0.15, 0.2) is 0 Å². The number of anilines is 1. The molecule has 1 aromatic carbocycles. The normalized spacial score (nSPS) is 11.7. The lowest BCUT2D eigenvalue weighted by atomic mass is 10.2. The van der Waals surface area contributed by atoms with Gasteiger partial charge in [0.2, 0.25) is 5.91 Å². The first kappa shape index (κ1) is 14.3. The third-order valence-electron chi connectivity index (χ3n) is 2.56. The minimum Gasteiger partial charge on any atom is -0.480 e. The number of rotatable bonds is 5. The smallest absolute Gasteiger partial charge is 0.323 e. The molecule has 5 nitrogen and oxygen atoms in total. The SMILES string of the molecule is CNC(=O)C(C)N(CC(=O)O)c1ccc(Cl)cc1. The molecule has 0 bridgehead atoms. The Hall–Kier alpha value is -1.75. The number of carboxylic acids is 1. The Bertz CT molecular complexity index is 433. The van der Waals surface area contributed by atoms with Gasteiger partial charge in [0.1, 0.15) is 12.6 Å². The molecular weight excluding hydrogens is 256 g/mol. The Morgan fingerprint density at radius 1 is 1.39 bits per heavy atom. The summed E-state index contributed by atoms with van der Waals surface area (Å²) in [5.74, 6) is -1.24. The molecule has 0 aromatic heterocycles. The zero-order valence-corrected chi connectivity index (χ0v) is 10.9. The Balaban J connectivity index is 3.00. The summed E-state index contributed by atoms with van der Waals surface area (Å²) in [4.78, 5) is 24.0. The first-order valence-electron chi connectivity index (χ1n) is 5.41. The van der Waals surface area contributed by atoms with Crippen molar-refractivity contribution in [1.82, 2.24) is 5.32 Å². The Labute approximate surface area is 110 Å². The number of carbonyl (C=O) groups is 2. The summed E-state index contributed by atoms with van der Waals surface area (Å²) >= 11 is 5.78. The fourth-order valence-electron chi connectivity index (χ4n) is 1.58. The van der Waals surface area contributed by atoms with Crippen molar-refractivity contribution in [2.24, 2.45) is 0 Å². The molecule has 6 heteroatoms. The van der Waals surface area contributed by atoms with Crippen LogP contribution < -0.4 is 10.2 Å². The van der Waals surface area contributed by atoms with E-state index in [9.17, 15) is 9.59 Å². The highest BCUT2D eigenvalue weighted by atomic mass is 35.5. The van der Waals surface area contributed by atoms with E-state index in [0.717, 1.165) is 0 Å². The number of amides is 1. The van der Waals surface area contributed by atoms with Crippen LogP contribution in [-0.2, 0) is 9.59 Å². The van der Waals surface area contributed by atoms with Gasteiger partial charge >= 0.3 is 5.97 Å². The molecule has 0 fully saturated rings. The van der Waals surface area contributed by atoms with E-state index in [2.05, 4.69) is 5.32 Å². The number of nitrogens with zero attached hydrogens (tertiary/aromatic N) is 1. The van der Waals surface area contributed by atoms with Gasteiger partial charge in [-0.05, 0) is 31.2 Å². The zero-order chi connectivity index (χ0) is 13.7. The minimum absolute atomic E-state index is 0.244. The number of benzene rings is 1. The molecule has 0 aliphatic heterocycles. The van der Waals surface area contributed by atoms with Crippen molar-refractivity contribution in [3.63, 3.8) is 0 Å². The standard InChI is InChI=1S/C12H15ClN2O3/c1-8(12(18)14-2)15(7-11(16)17)10-5-3-9(13)4-6-10/h3-6,8H,7H2,1-2H3,(H,14,18)(H,16,17). The van der Waals surface area contributed by atoms with Crippen LogP contribution in [-0.4, -0.2) is 36.6 Å². The molecule has 1 unspecified atom stereocenters. The van der Waals surface area contributed by atoms with Gasteiger partial charge in [-0.25, -0.2) is 0 Å². The van der Waals surface area contributed by atoms with Gasteiger partial charge in [-0.15, -0.1) is 0 Å². The van der Waals surface area contributed by atoms with Crippen LogP contribution in [0.3, 0.4) is 0 Å². The predicted molar refractivity (Wildman–Crippen MR) is 70.0 cm³/mol. The molecule has 0 saturated carbocycles. The molecule has 98 valence electrons. The Kier molecular flexibility index (Phi) is 4.97. The van der Waals surface area contributed by atoms with Crippen molar-refractivity contribution in [1.29, 1.82) is 0 Å². The van der Waals surface area contributed by atoms with E-state index in [1.807, 2.05) is 0 Å². The molecule has 18 heavy (non-hydrogen) atoms. The number of carbonyl (C=O) groups excluding carboxylic acids is 1. The summed E-state index contributed by atoms with van der Waals surface area (Å²) in [6.07, 6.45) is 0. The largest absolute Gasteiger partial charge is 0.480 e. The fraction of sp³-hybridized carbons (Fsp3) is 0.333. The van der Waals surface area contributed by atoms with Crippen LogP contribution in [0.5, 0.6) is 0 Å². The van der Waals surface area contributed by atoms with Crippen LogP contribution in [0.25, 0.3) is 0 Å². The summed E-state index contributed by atoms with van der Waals surface area (Å²) in [5, 5.41) is 12.0. The van der Waals surface area contributed by atoms with E-state index in [-0.39, 0.29) is 12.5 Å². The summed E-state index contributed by atoms with van der Waals surface area (Å²) in [6, 6.07) is 6.10. The number of hydrogen-bond acceptors (Lipinski definition) is 3. The van der Waals surface area contributed by atoms with E-state index >= 15 is 0 Å². The molecule has 1 rings (SSSR count). The maximum atomic E-state index is 11.6. The third-order valence-corrected chi connectivity index (χ3v) is 2.81. The van der Waals surface area contributed by atoms with Crippen LogP contribution in [0.4, 0.5) is 5.69 Å². The molecule has 1 aromatic rings. The Morgan fingerprint density at radius 2 is 1.94 bits per heavy atom. The van der Waals surface area contributed by atoms with E-state index in [0.29, 0.717) is 10.7 Å². The lowest BCUT2D eigenvalue weighted by molar-refractivity contribution is -0.135. The van der Waals surface area contributed by atoms with Crippen molar-refractivity contribution in [2.75, 3.05) is 18.5 Å². The highest BCUT2D eigenvalue weighted by Crippen LogP contribution is 2.20. The maximum absolute atomic E-state index is 11.6. The second-order valence-corrected chi connectivity index (χ2v) is 4.22. The number of nitrogens with one attached hydrogen (secondary N) is 1. The van der Waals surface area contributed by atoms with Crippen molar-refractivity contribution >= 4 is 29.2 Å². The average Bonchev–Trinajstić information content (AvgIpc) is 2.35. The van der Waals surface area contributed by atoms with Gasteiger partial charge in [0.05, 0.1) is 0 Å². The number of carboxylic acid groups (broad SMARTS) is 1. The fourth-order valence-corrected chi connectivity index (χ4v) is 1.71. The monoisotopic (exact) mass is 270 g/mol. The minimum atomic E-state index is -0.999. The lowest BCUT2D eigenvalue weighted by Gasteiger charge is -2.28. The molecule has 0 radical (unpaired) electrons. The van der Waals surface area contributed by atoms with Crippen LogP contribution in [0, 0.1) is 0 Å². The predicted octanol–water partition coefficient (Wildman–Crippen LogP) is 1.37. The molecule has 0 aliphatic rings. The van der Waals surface area contributed by atoms with E-state index in [1.165, 1.54) is 11.9 Å². The molecule has 0 heterocycles. The summed E-state index contributed by atoms with van der Waals surface area (Å²) in [5.41, 5.74) is 0.637. The van der Waals surface area contributed by atoms with Crippen LogP contribution in [0.2, 0.25) is 5.02 Å². The van der Waals surface area contributed by atoms with Crippen LogP contribution in [0.15, 0.2) is 24.3 Å². The van der Waals surface area contributed by atoms with E-state index in [1.54, 1.807) is 31.2 Å². The van der Waals surface area contributed by atoms with Gasteiger partial charge in [0, 0.05) is 17.8 Å². The molecule has 1 atom stereocenters. The van der Waals surface area contributed by atoms with Crippen molar-refractivity contribution < 1.29 is 14.7 Å². The van der Waals surface area contributed by atoms with Gasteiger partial charge in [-0.2, -0.15) is 0 Å². The molecule has 0 saturated heterocycles. The zero-order valence-electron chi connectivity index (χ0n) is 10.2. The average molecular weight is 271 g/mol. The van der Waals surface area contributed by atoms with Gasteiger partial charge in [-0.3, -0.25) is 9.59 Å². The van der Waals surface area contributed by atoms with Crippen molar-refractivity contribution in [3.8, 4) is 0 Å². The number of likely N-dealkylation sites (N-methyl/N-ethyl adjacent to an activating group) is 1. The summed E-state index contributed by atoms with van der Waals surface area (Å²) in [7, 11) is 1.51. The quantitative estimate of drug-likeness (QED) is 0.848. The number of hydrogen-bond donors (Lipinski definition) is 2. The van der Waals surface area contributed by atoms with Crippen molar-refractivity contribution in [2.45, 2.75) is 13.0 Å². The van der Waals surface area contributed by atoms with Gasteiger partial charge in [-0.1, -0.05) is 11.6 Å². The topological polar surface area (TPSA) is 69.6 Å². The maximum Gasteiger partial charge on any atom is 0.323 e. The molecule has 0 spiro atoms. The van der Waals surface area contributed by atoms with Crippen molar-refractivity contribution in [3.05, 3.63) is 29.3 Å². The van der Waals surface area contributed by atoms with Gasteiger partial charge < -0.3 is 15.3 Å². The Morgan fingerprint density at radius 3 is 2.39 bits per heavy atom. The van der Waals surface area contributed by atoms with Crippen LogP contribution in [0.1, 0.15) is 6.92 Å². The summed E-state index contributed by atoms with van der Waals surface area (Å²) in [6.45, 7) is 1.40. The number of aliphatic carboxylic acids is 1.